The Labute approximate surface area is 220 Å². The predicted octanol–water partition coefficient (Wildman–Crippen LogP) is 6.19. The standard InChI is InChI=1S/C30H17ClN4O3/c31-20-11-7-18(8-12-20)23-16-26(34-29(36)24(23)17-32)19-9-13-21(14-10-19)35-28(27-6-3-15-38-27)33-25-5-2-1-4-22(25)30(35)37/h1-16H,(H,34,36). The van der Waals surface area contributed by atoms with Crippen LogP contribution < -0.4 is 11.1 Å². The molecule has 38 heavy (non-hydrogen) atoms. The summed E-state index contributed by atoms with van der Waals surface area (Å²) in [6.45, 7) is 0. The Morgan fingerprint density at radius 2 is 1.63 bits per heavy atom. The third-order valence-electron chi connectivity index (χ3n) is 6.25. The van der Waals surface area contributed by atoms with Crippen molar-refractivity contribution < 1.29 is 4.42 Å². The van der Waals surface area contributed by atoms with Crippen molar-refractivity contribution in [3.63, 3.8) is 0 Å². The average Bonchev–Trinajstić information content (AvgIpc) is 3.48. The van der Waals surface area contributed by atoms with E-state index in [1.165, 1.54) is 10.8 Å². The van der Waals surface area contributed by atoms with Crippen LogP contribution in [0, 0.1) is 11.3 Å². The van der Waals surface area contributed by atoms with Gasteiger partial charge in [-0.3, -0.25) is 14.2 Å². The minimum Gasteiger partial charge on any atom is -0.461 e. The maximum atomic E-state index is 13.5. The molecule has 1 N–H and O–H groups in total. The second-order valence-electron chi connectivity index (χ2n) is 8.54. The van der Waals surface area contributed by atoms with Crippen LogP contribution in [0.3, 0.4) is 0 Å². The predicted molar refractivity (Wildman–Crippen MR) is 146 cm³/mol. The number of hydrogen-bond donors (Lipinski definition) is 1. The fourth-order valence-corrected chi connectivity index (χ4v) is 4.54. The van der Waals surface area contributed by atoms with Gasteiger partial charge in [0.25, 0.3) is 11.1 Å². The van der Waals surface area contributed by atoms with Crippen molar-refractivity contribution in [1.82, 2.24) is 14.5 Å². The molecule has 0 aliphatic carbocycles. The van der Waals surface area contributed by atoms with Gasteiger partial charge < -0.3 is 9.40 Å². The van der Waals surface area contributed by atoms with E-state index in [1.807, 2.05) is 12.1 Å². The molecular formula is C30H17ClN4O3. The molecule has 0 bridgehead atoms. The summed E-state index contributed by atoms with van der Waals surface area (Å²) in [6.07, 6.45) is 1.53. The van der Waals surface area contributed by atoms with Crippen LogP contribution in [-0.2, 0) is 0 Å². The number of halogens is 1. The summed E-state index contributed by atoms with van der Waals surface area (Å²) >= 11 is 6.02. The van der Waals surface area contributed by atoms with E-state index < -0.39 is 5.56 Å². The molecule has 8 heteroatoms. The molecule has 7 nitrogen and oxygen atoms in total. The lowest BCUT2D eigenvalue weighted by molar-refractivity contribution is 0.574. The van der Waals surface area contributed by atoms with E-state index in [9.17, 15) is 14.9 Å². The lowest BCUT2D eigenvalue weighted by atomic mass is 9.99. The molecule has 0 saturated carbocycles. The summed E-state index contributed by atoms with van der Waals surface area (Å²) in [5, 5.41) is 10.6. The Morgan fingerprint density at radius 1 is 0.895 bits per heavy atom. The lowest BCUT2D eigenvalue weighted by Gasteiger charge is -2.13. The highest BCUT2D eigenvalue weighted by atomic mass is 35.5. The van der Waals surface area contributed by atoms with E-state index in [-0.39, 0.29) is 11.1 Å². The summed E-state index contributed by atoms with van der Waals surface area (Å²) in [4.78, 5) is 33.8. The smallest absolute Gasteiger partial charge is 0.266 e. The first-order chi connectivity index (χ1) is 18.5. The van der Waals surface area contributed by atoms with Gasteiger partial charge in [0, 0.05) is 16.3 Å². The van der Waals surface area contributed by atoms with Gasteiger partial charge in [-0.1, -0.05) is 48.0 Å². The molecule has 0 aliphatic rings. The van der Waals surface area contributed by atoms with Crippen molar-refractivity contribution in [2.75, 3.05) is 0 Å². The van der Waals surface area contributed by atoms with Crippen LogP contribution in [0.15, 0.2) is 111 Å². The molecule has 0 unspecified atom stereocenters. The number of aromatic amines is 1. The van der Waals surface area contributed by atoms with Gasteiger partial charge >= 0.3 is 0 Å². The van der Waals surface area contributed by atoms with Gasteiger partial charge in [-0.25, -0.2) is 4.98 Å². The number of benzene rings is 3. The largest absolute Gasteiger partial charge is 0.461 e. The molecule has 3 aromatic carbocycles. The van der Waals surface area contributed by atoms with Crippen LogP contribution in [0.4, 0.5) is 0 Å². The summed E-state index contributed by atoms with van der Waals surface area (Å²) in [6, 6.07) is 28.5. The first-order valence-corrected chi connectivity index (χ1v) is 12.0. The summed E-state index contributed by atoms with van der Waals surface area (Å²) in [5.41, 5.74) is 2.88. The number of nitriles is 1. The highest BCUT2D eigenvalue weighted by molar-refractivity contribution is 6.30. The summed E-state index contributed by atoms with van der Waals surface area (Å²) < 4.78 is 7.09. The van der Waals surface area contributed by atoms with E-state index in [4.69, 9.17) is 21.0 Å². The van der Waals surface area contributed by atoms with Crippen LogP contribution >= 0.6 is 11.6 Å². The molecule has 6 aromatic rings. The van der Waals surface area contributed by atoms with Crippen LogP contribution in [0.25, 0.3) is 50.6 Å². The monoisotopic (exact) mass is 516 g/mol. The fraction of sp³-hybridized carbons (Fsp3) is 0. The highest BCUT2D eigenvalue weighted by Gasteiger charge is 2.17. The Bertz CT molecular complexity index is 1970. The molecule has 0 aliphatic heterocycles. The second-order valence-corrected chi connectivity index (χ2v) is 8.97. The van der Waals surface area contributed by atoms with Gasteiger partial charge in [-0.05, 0) is 65.7 Å². The molecule has 0 amide bonds. The summed E-state index contributed by atoms with van der Waals surface area (Å²) in [5.74, 6) is 0.837. The number of aromatic nitrogens is 3. The quantitative estimate of drug-likeness (QED) is 0.300. The van der Waals surface area contributed by atoms with Crippen LogP contribution in [-0.4, -0.2) is 14.5 Å². The van der Waals surface area contributed by atoms with Gasteiger partial charge in [-0.15, -0.1) is 0 Å². The van der Waals surface area contributed by atoms with Crippen molar-refractivity contribution in [3.05, 3.63) is 129 Å². The van der Waals surface area contributed by atoms with Gasteiger partial charge in [0.1, 0.15) is 11.6 Å². The molecule has 0 spiro atoms. The van der Waals surface area contributed by atoms with Crippen LogP contribution in [0.2, 0.25) is 5.02 Å². The van der Waals surface area contributed by atoms with E-state index in [2.05, 4.69) is 4.98 Å². The van der Waals surface area contributed by atoms with E-state index >= 15 is 0 Å². The average molecular weight is 517 g/mol. The Kier molecular flexibility index (Phi) is 5.72. The fourth-order valence-electron chi connectivity index (χ4n) is 4.42. The molecule has 182 valence electrons. The molecular weight excluding hydrogens is 500 g/mol. The topological polar surface area (TPSA) is 105 Å². The third kappa shape index (κ3) is 3.99. The Hall–Kier alpha value is -5.19. The number of hydrogen-bond acceptors (Lipinski definition) is 5. The highest BCUT2D eigenvalue weighted by Crippen LogP contribution is 2.28. The second kappa shape index (κ2) is 9.36. The number of nitrogens with zero attached hydrogens (tertiary/aromatic N) is 3. The number of pyridine rings is 1. The van der Waals surface area contributed by atoms with Gasteiger partial charge in [0.15, 0.2) is 11.6 Å². The normalized spacial score (nSPS) is 10.9. The van der Waals surface area contributed by atoms with Crippen molar-refractivity contribution in [3.8, 4) is 45.7 Å². The van der Waals surface area contributed by atoms with Crippen molar-refractivity contribution in [2.24, 2.45) is 0 Å². The zero-order chi connectivity index (χ0) is 26.2. The maximum absolute atomic E-state index is 13.5. The van der Waals surface area contributed by atoms with Gasteiger partial charge in [0.05, 0.1) is 22.9 Å². The number of nitrogens with one attached hydrogen (secondary N) is 1. The SMILES string of the molecule is N#Cc1c(-c2ccc(Cl)cc2)cc(-c2ccc(-n3c(-c4ccco4)nc4ccccc4c3=O)cc2)[nH]c1=O. The maximum Gasteiger partial charge on any atom is 0.266 e. The van der Waals surface area contributed by atoms with Crippen molar-refractivity contribution in [2.45, 2.75) is 0 Å². The molecule has 3 heterocycles. The Balaban J connectivity index is 1.49. The van der Waals surface area contributed by atoms with Crippen LogP contribution in [0.1, 0.15) is 5.56 Å². The third-order valence-corrected chi connectivity index (χ3v) is 6.51. The van der Waals surface area contributed by atoms with E-state index in [1.54, 1.807) is 84.9 Å². The van der Waals surface area contributed by atoms with Gasteiger partial charge in [-0.2, -0.15) is 5.26 Å². The number of furan rings is 1. The molecule has 3 aromatic heterocycles. The molecule has 0 atom stereocenters. The first kappa shape index (κ1) is 23.2. The number of rotatable bonds is 4. The zero-order valence-corrected chi connectivity index (χ0v) is 20.4. The summed E-state index contributed by atoms with van der Waals surface area (Å²) in [7, 11) is 0. The van der Waals surface area contributed by atoms with E-state index in [0.717, 1.165) is 0 Å². The van der Waals surface area contributed by atoms with Crippen LogP contribution in [0.5, 0.6) is 0 Å². The number of para-hydroxylation sites is 1. The molecule has 0 fully saturated rings. The zero-order valence-electron chi connectivity index (χ0n) is 19.7. The molecule has 0 radical (unpaired) electrons. The molecule has 6 rings (SSSR count). The number of fused-ring (bicyclic) bond motifs is 1. The minimum absolute atomic E-state index is 0.0181. The van der Waals surface area contributed by atoms with Gasteiger partial charge in [0.2, 0.25) is 0 Å². The first-order valence-electron chi connectivity index (χ1n) is 11.6. The van der Waals surface area contributed by atoms with Crippen molar-refractivity contribution in [1.29, 1.82) is 5.26 Å². The molecule has 0 saturated heterocycles. The van der Waals surface area contributed by atoms with Crippen molar-refractivity contribution >= 4 is 22.5 Å². The van der Waals surface area contributed by atoms with E-state index in [0.29, 0.717) is 55.6 Å². The lowest BCUT2D eigenvalue weighted by Crippen LogP contribution is -2.21. The minimum atomic E-state index is -0.492. The number of H-pyrrole nitrogens is 1. The Morgan fingerprint density at radius 3 is 2.34 bits per heavy atom.